The average Bonchev–Trinajstić information content (AvgIpc) is 3.78. The van der Waals surface area contributed by atoms with E-state index in [0.29, 0.717) is 10.8 Å². The number of rotatable bonds is 8. The van der Waals surface area contributed by atoms with Gasteiger partial charge in [-0.15, -0.1) is 29.1 Å². The molecule has 6 heteroatoms. The third kappa shape index (κ3) is 5.79. The van der Waals surface area contributed by atoms with Crippen LogP contribution in [0, 0.1) is 12.1 Å². The topological polar surface area (TPSA) is 38.2 Å². The third-order valence-corrected chi connectivity index (χ3v) is 9.96. The first-order valence-corrected chi connectivity index (χ1v) is 17.4. The first kappa shape index (κ1) is 32.6. The van der Waals surface area contributed by atoms with Crippen molar-refractivity contribution in [3.63, 3.8) is 0 Å². The predicted molar refractivity (Wildman–Crippen MR) is 202 cm³/mol. The maximum absolute atomic E-state index is 6.50. The number of para-hydroxylation sites is 2. The fraction of sp³-hybridized carbons (Fsp3) is 0.0222. The molecule has 51 heavy (non-hydrogen) atoms. The molecule has 0 unspecified atom stereocenters. The van der Waals surface area contributed by atoms with E-state index in [1.807, 2.05) is 54.2 Å². The van der Waals surface area contributed by atoms with Crippen LogP contribution in [-0.4, -0.2) is 9.97 Å². The minimum absolute atomic E-state index is 0. The van der Waals surface area contributed by atoms with Gasteiger partial charge in [0.25, 0.3) is 0 Å². The molecule has 0 fully saturated rings. The summed E-state index contributed by atoms with van der Waals surface area (Å²) in [7, 11) is 0. The molecule has 0 saturated heterocycles. The molecule has 0 amide bonds. The largest absolute Gasteiger partial charge is 2.00 e. The normalized spacial score (nSPS) is 12.3. The molecule has 9 rings (SSSR count). The standard InChI is InChI=1S/C45H29N3OS.Pt/c1-3-15-34(16-4-1)48(35-17-5-2-6-18-35)36-25-27-46-42(30-36)32-28-44(50-31-32)49-37-19-13-14-33(29-37)45(43-24-11-12-26-47-43)40-22-9-7-20-38(40)39-21-8-10-23-41(39)45;/h1-27,30-31H;/q-2;+2. The summed E-state index contributed by atoms with van der Waals surface area (Å²) in [6.45, 7) is 0. The monoisotopic (exact) mass is 854 g/mol. The molecule has 5 aromatic carbocycles. The minimum atomic E-state index is -0.647. The van der Waals surface area contributed by atoms with Crippen LogP contribution in [0.3, 0.4) is 0 Å². The number of hydrogen-bond acceptors (Lipinski definition) is 5. The van der Waals surface area contributed by atoms with E-state index in [1.54, 1.807) is 0 Å². The Balaban J connectivity index is 0.00000374. The van der Waals surface area contributed by atoms with Gasteiger partial charge in [-0.2, -0.15) is 29.0 Å². The number of ether oxygens (including phenoxy) is 1. The van der Waals surface area contributed by atoms with Gasteiger partial charge < -0.3 is 14.6 Å². The summed E-state index contributed by atoms with van der Waals surface area (Å²) < 4.78 is 6.50. The van der Waals surface area contributed by atoms with Gasteiger partial charge in [0.05, 0.1) is 11.1 Å². The number of hydrogen-bond donors (Lipinski definition) is 0. The molecule has 4 nitrogen and oxygen atoms in total. The van der Waals surface area contributed by atoms with Crippen LogP contribution in [0.2, 0.25) is 0 Å². The van der Waals surface area contributed by atoms with Gasteiger partial charge in [-0.3, -0.25) is 4.98 Å². The van der Waals surface area contributed by atoms with E-state index < -0.39 is 5.41 Å². The zero-order valence-corrected chi connectivity index (χ0v) is 30.3. The second-order valence-corrected chi connectivity index (χ2v) is 12.9. The van der Waals surface area contributed by atoms with Crippen LogP contribution in [0.25, 0.3) is 22.4 Å². The Morgan fingerprint density at radius 2 is 1.22 bits per heavy atom. The molecule has 0 N–H and O–H groups in total. The first-order chi connectivity index (χ1) is 24.8. The molecule has 0 saturated carbocycles. The second-order valence-electron chi connectivity index (χ2n) is 12.1. The summed E-state index contributed by atoms with van der Waals surface area (Å²) >= 11 is 1.49. The van der Waals surface area contributed by atoms with E-state index in [2.05, 4.69) is 138 Å². The maximum Gasteiger partial charge on any atom is 2.00 e. The van der Waals surface area contributed by atoms with Crippen molar-refractivity contribution in [3.8, 4) is 33.2 Å². The van der Waals surface area contributed by atoms with Crippen molar-refractivity contribution in [3.05, 3.63) is 210 Å². The number of aromatic nitrogens is 2. The molecular weight excluding hydrogens is 826 g/mol. The Bertz CT molecular complexity index is 2350. The summed E-state index contributed by atoms with van der Waals surface area (Å²) in [5.74, 6) is 0.616. The number of anilines is 3. The zero-order chi connectivity index (χ0) is 33.3. The van der Waals surface area contributed by atoms with Crippen molar-refractivity contribution in [2.45, 2.75) is 5.41 Å². The quantitative estimate of drug-likeness (QED) is 0.143. The van der Waals surface area contributed by atoms with E-state index in [0.717, 1.165) is 39.6 Å². The molecule has 246 valence electrons. The van der Waals surface area contributed by atoms with Crippen LogP contribution in [-0.2, 0) is 26.5 Å². The van der Waals surface area contributed by atoms with E-state index in [-0.39, 0.29) is 21.1 Å². The van der Waals surface area contributed by atoms with Crippen LogP contribution in [0.15, 0.2) is 175 Å². The average molecular weight is 855 g/mol. The van der Waals surface area contributed by atoms with E-state index in [1.165, 1.54) is 33.6 Å². The van der Waals surface area contributed by atoms with Gasteiger partial charge in [-0.05, 0) is 70.4 Å². The Kier molecular flexibility index (Phi) is 8.91. The second kappa shape index (κ2) is 14.0. The van der Waals surface area contributed by atoms with Gasteiger partial charge in [0.2, 0.25) is 0 Å². The molecule has 0 aliphatic heterocycles. The summed E-state index contributed by atoms with van der Waals surface area (Å²) in [5.41, 5.74) is 10.9. The third-order valence-electron chi connectivity index (χ3n) is 9.20. The molecule has 1 aliphatic rings. The fourth-order valence-corrected chi connectivity index (χ4v) is 7.82. The van der Waals surface area contributed by atoms with Crippen LogP contribution >= 0.6 is 11.3 Å². The minimum Gasteiger partial charge on any atom is -0.487 e. The Hall–Kier alpha value is -5.61. The molecule has 8 aromatic rings. The van der Waals surface area contributed by atoms with E-state index >= 15 is 0 Å². The SMILES string of the molecule is [Pt+2].[c-]1c(Oc2[c-]c(-c3cc(N(c4ccccc4)c4ccccc4)ccn3)cs2)cccc1C1(c2ccccn2)c2ccccc2-c2ccccc21. The summed E-state index contributed by atoms with van der Waals surface area (Å²) in [6.07, 6.45) is 3.71. The first-order valence-electron chi connectivity index (χ1n) is 16.5. The molecule has 1 aliphatic carbocycles. The number of nitrogens with zero attached hydrogens (tertiary/aromatic N) is 3. The summed E-state index contributed by atoms with van der Waals surface area (Å²) in [4.78, 5) is 11.9. The van der Waals surface area contributed by atoms with Crippen LogP contribution in [0.5, 0.6) is 10.8 Å². The zero-order valence-electron chi connectivity index (χ0n) is 27.2. The van der Waals surface area contributed by atoms with Crippen molar-refractivity contribution < 1.29 is 25.8 Å². The van der Waals surface area contributed by atoms with Crippen molar-refractivity contribution in [2.24, 2.45) is 0 Å². The van der Waals surface area contributed by atoms with Crippen LogP contribution < -0.4 is 9.64 Å². The fourth-order valence-electron chi connectivity index (χ4n) is 7.11. The molecule has 3 aromatic heterocycles. The molecule has 3 heterocycles. The molecule has 0 radical (unpaired) electrons. The van der Waals surface area contributed by atoms with E-state index in [9.17, 15) is 0 Å². The van der Waals surface area contributed by atoms with Crippen molar-refractivity contribution in [2.75, 3.05) is 4.90 Å². The van der Waals surface area contributed by atoms with Crippen molar-refractivity contribution in [1.82, 2.24) is 9.97 Å². The summed E-state index contributed by atoms with van der Waals surface area (Å²) in [6, 6.07) is 61.5. The smallest absolute Gasteiger partial charge is 0.487 e. The van der Waals surface area contributed by atoms with Crippen molar-refractivity contribution in [1.29, 1.82) is 0 Å². The van der Waals surface area contributed by atoms with Gasteiger partial charge in [-0.1, -0.05) is 97.1 Å². The molecule has 0 bridgehead atoms. The van der Waals surface area contributed by atoms with Gasteiger partial charge in [0.15, 0.2) is 0 Å². The molecular formula is C45H29N3OPtS. The van der Waals surface area contributed by atoms with Crippen LogP contribution in [0.1, 0.15) is 22.4 Å². The van der Waals surface area contributed by atoms with Gasteiger partial charge >= 0.3 is 21.1 Å². The Labute approximate surface area is 316 Å². The number of fused-ring (bicyclic) bond motifs is 3. The molecule has 0 atom stereocenters. The van der Waals surface area contributed by atoms with E-state index in [4.69, 9.17) is 14.7 Å². The molecule has 0 spiro atoms. The Morgan fingerprint density at radius 1 is 0.569 bits per heavy atom. The van der Waals surface area contributed by atoms with Gasteiger partial charge in [0.1, 0.15) is 5.06 Å². The maximum atomic E-state index is 6.50. The van der Waals surface area contributed by atoms with Crippen LogP contribution in [0.4, 0.5) is 17.1 Å². The number of benzene rings is 5. The van der Waals surface area contributed by atoms with Gasteiger partial charge in [0, 0.05) is 35.2 Å². The van der Waals surface area contributed by atoms with Crippen molar-refractivity contribution >= 4 is 28.4 Å². The summed E-state index contributed by atoms with van der Waals surface area (Å²) in [5, 5.41) is 2.68. The predicted octanol–water partition coefficient (Wildman–Crippen LogP) is 11.4. The Morgan fingerprint density at radius 3 is 1.88 bits per heavy atom. The van der Waals surface area contributed by atoms with Gasteiger partial charge in [-0.25, -0.2) is 0 Å². The number of pyridine rings is 2. The number of thiophene rings is 1.